The van der Waals surface area contributed by atoms with Crippen molar-refractivity contribution in [2.75, 3.05) is 5.75 Å². The van der Waals surface area contributed by atoms with Crippen LogP contribution in [0.1, 0.15) is 26.2 Å². The van der Waals surface area contributed by atoms with E-state index in [0.29, 0.717) is 6.42 Å². The van der Waals surface area contributed by atoms with Gasteiger partial charge in [0.25, 0.3) is 0 Å². The zero-order valence-electron chi connectivity index (χ0n) is 8.06. The number of carboxylic acid groups (broad SMARTS) is 1. The van der Waals surface area contributed by atoms with Gasteiger partial charge in [0.1, 0.15) is 5.54 Å². The third-order valence-electron chi connectivity index (χ3n) is 2.84. The second-order valence-corrected chi connectivity index (χ2v) is 6.35. The SMILES string of the molecule is CCS(=O)(=O)[C@@H]1CC[C@@](N)(C(=O)O)C1. The van der Waals surface area contributed by atoms with Gasteiger partial charge < -0.3 is 10.8 Å². The Morgan fingerprint density at radius 2 is 2.21 bits per heavy atom. The van der Waals surface area contributed by atoms with Gasteiger partial charge in [-0.25, -0.2) is 8.42 Å². The fraction of sp³-hybridized carbons (Fsp3) is 0.875. The van der Waals surface area contributed by atoms with Crippen LogP contribution in [0.4, 0.5) is 0 Å². The quantitative estimate of drug-likeness (QED) is 0.685. The van der Waals surface area contributed by atoms with E-state index in [1.54, 1.807) is 6.92 Å². The van der Waals surface area contributed by atoms with Crippen molar-refractivity contribution in [1.82, 2.24) is 0 Å². The zero-order chi connectivity index (χ0) is 11.0. The number of sulfone groups is 1. The van der Waals surface area contributed by atoms with E-state index in [2.05, 4.69) is 0 Å². The van der Waals surface area contributed by atoms with Crippen LogP contribution >= 0.6 is 0 Å². The molecule has 1 aliphatic carbocycles. The normalized spacial score (nSPS) is 33.1. The van der Waals surface area contributed by atoms with Gasteiger partial charge in [-0.05, 0) is 19.3 Å². The second kappa shape index (κ2) is 3.51. The summed E-state index contributed by atoms with van der Waals surface area (Å²) < 4.78 is 22.9. The predicted molar refractivity (Wildman–Crippen MR) is 51.7 cm³/mol. The maximum atomic E-state index is 11.5. The van der Waals surface area contributed by atoms with Gasteiger partial charge in [-0.15, -0.1) is 0 Å². The van der Waals surface area contributed by atoms with Gasteiger partial charge in [-0.1, -0.05) is 6.92 Å². The monoisotopic (exact) mass is 221 g/mol. The van der Waals surface area contributed by atoms with Crippen LogP contribution in [0.15, 0.2) is 0 Å². The Morgan fingerprint density at radius 1 is 1.64 bits per heavy atom. The van der Waals surface area contributed by atoms with Gasteiger partial charge in [0.15, 0.2) is 9.84 Å². The molecule has 0 spiro atoms. The molecule has 0 aromatic carbocycles. The summed E-state index contributed by atoms with van der Waals surface area (Å²) >= 11 is 0. The van der Waals surface area contributed by atoms with Crippen molar-refractivity contribution in [3.05, 3.63) is 0 Å². The number of hydrogen-bond donors (Lipinski definition) is 2. The van der Waals surface area contributed by atoms with Crippen LogP contribution in [0.25, 0.3) is 0 Å². The summed E-state index contributed by atoms with van der Waals surface area (Å²) in [5.74, 6) is -1.06. The summed E-state index contributed by atoms with van der Waals surface area (Å²) in [6, 6.07) is 0. The minimum atomic E-state index is -3.15. The molecule has 2 atom stereocenters. The summed E-state index contributed by atoms with van der Waals surface area (Å²) in [5, 5.41) is 8.23. The smallest absolute Gasteiger partial charge is 0.323 e. The van der Waals surface area contributed by atoms with E-state index in [0.717, 1.165) is 0 Å². The average Bonchev–Trinajstić information content (AvgIpc) is 2.50. The number of carbonyl (C=O) groups is 1. The lowest BCUT2D eigenvalue weighted by atomic mass is 10.0. The van der Waals surface area contributed by atoms with E-state index in [4.69, 9.17) is 10.8 Å². The minimum absolute atomic E-state index is 0.0402. The Balaban J connectivity index is 2.81. The molecule has 3 N–H and O–H groups in total. The van der Waals surface area contributed by atoms with Gasteiger partial charge in [-0.2, -0.15) is 0 Å². The Bertz CT molecular complexity index is 337. The van der Waals surface area contributed by atoms with Crippen molar-refractivity contribution in [2.24, 2.45) is 5.73 Å². The lowest BCUT2D eigenvalue weighted by Gasteiger charge is -2.17. The molecular weight excluding hydrogens is 206 g/mol. The molecule has 1 rings (SSSR count). The Hall–Kier alpha value is -0.620. The highest BCUT2D eigenvalue weighted by Crippen LogP contribution is 2.32. The molecule has 6 heteroatoms. The Labute approximate surface area is 83.2 Å². The highest BCUT2D eigenvalue weighted by Gasteiger charge is 2.46. The molecular formula is C8H15NO4S. The summed E-state index contributed by atoms with van der Waals surface area (Å²) in [6.45, 7) is 1.56. The maximum Gasteiger partial charge on any atom is 0.323 e. The van der Waals surface area contributed by atoms with Crippen molar-refractivity contribution >= 4 is 15.8 Å². The van der Waals surface area contributed by atoms with Crippen molar-refractivity contribution in [1.29, 1.82) is 0 Å². The molecule has 0 unspecified atom stereocenters. The standard InChI is InChI=1S/C8H15NO4S/c1-2-14(12,13)6-3-4-8(9,5-6)7(10)11/h6H,2-5,9H2,1H3,(H,10,11)/t6-,8+/m1/s1. The molecule has 1 fully saturated rings. The Morgan fingerprint density at radius 3 is 2.57 bits per heavy atom. The first-order chi connectivity index (χ1) is 6.32. The topological polar surface area (TPSA) is 97.5 Å². The first-order valence-electron chi connectivity index (χ1n) is 4.55. The van der Waals surface area contributed by atoms with Crippen molar-refractivity contribution in [3.63, 3.8) is 0 Å². The summed E-state index contributed by atoms with van der Waals surface area (Å²) in [4.78, 5) is 10.8. The number of carboxylic acids is 1. The highest BCUT2D eigenvalue weighted by atomic mass is 32.2. The van der Waals surface area contributed by atoms with Gasteiger partial charge >= 0.3 is 5.97 Å². The van der Waals surface area contributed by atoms with E-state index in [1.165, 1.54) is 0 Å². The van der Waals surface area contributed by atoms with Crippen LogP contribution in [0, 0.1) is 0 Å². The van der Waals surface area contributed by atoms with Crippen molar-refractivity contribution in [3.8, 4) is 0 Å². The molecule has 82 valence electrons. The van der Waals surface area contributed by atoms with Crippen molar-refractivity contribution in [2.45, 2.75) is 37.0 Å². The molecule has 0 heterocycles. The van der Waals surface area contributed by atoms with E-state index < -0.39 is 26.6 Å². The third kappa shape index (κ3) is 1.90. The number of nitrogens with two attached hydrogens (primary N) is 1. The van der Waals surface area contributed by atoms with Gasteiger partial charge in [0.2, 0.25) is 0 Å². The van der Waals surface area contributed by atoms with Gasteiger partial charge in [0, 0.05) is 5.75 Å². The fourth-order valence-corrected chi connectivity index (χ4v) is 3.27. The summed E-state index contributed by atoms with van der Waals surface area (Å²) in [5.41, 5.74) is 4.24. The first-order valence-corrected chi connectivity index (χ1v) is 6.27. The van der Waals surface area contributed by atoms with Gasteiger partial charge in [0.05, 0.1) is 5.25 Å². The molecule has 1 saturated carbocycles. The molecule has 5 nitrogen and oxygen atoms in total. The molecule has 0 aliphatic heterocycles. The number of hydrogen-bond acceptors (Lipinski definition) is 4. The fourth-order valence-electron chi connectivity index (χ4n) is 1.77. The van der Waals surface area contributed by atoms with Crippen LogP contribution < -0.4 is 5.73 Å². The van der Waals surface area contributed by atoms with E-state index in [-0.39, 0.29) is 18.6 Å². The van der Waals surface area contributed by atoms with Crippen LogP contribution in [0.3, 0.4) is 0 Å². The van der Waals surface area contributed by atoms with Crippen LogP contribution in [0.5, 0.6) is 0 Å². The largest absolute Gasteiger partial charge is 0.480 e. The molecule has 0 aromatic rings. The minimum Gasteiger partial charge on any atom is -0.480 e. The van der Waals surface area contributed by atoms with E-state index in [9.17, 15) is 13.2 Å². The van der Waals surface area contributed by atoms with Crippen LogP contribution in [0.2, 0.25) is 0 Å². The summed E-state index contributed by atoms with van der Waals surface area (Å²) in [7, 11) is -3.15. The third-order valence-corrected chi connectivity index (χ3v) is 5.06. The second-order valence-electron chi connectivity index (χ2n) is 3.78. The van der Waals surface area contributed by atoms with E-state index in [1.807, 2.05) is 0 Å². The predicted octanol–water partition coefficient (Wildman–Crippen LogP) is -0.244. The van der Waals surface area contributed by atoms with E-state index >= 15 is 0 Å². The van der Waals surface area contributed by atoms with Crippen molar-refractivity contribution < 1.29 is 18.3 Å². The highest BCUT2D eigenvalue weighted by molar-refractivity contribution is 7.92. The molecule has 0 aromatic heterocycles. The maximum absolute atomic E-state index is 11.5. The average molecular weight is 221 g/mol. The molecule has 0 radical (unpaired) electrons. The lowest BCUT2D eigenvalue weighted by Crippen LogP contribution is -2.46. The number of aliphatic carboxylic acids is 1. The molecule has 0 bridgehead atoms. The van der Waals surface area contributed by atoms with Crippen LogP contribution in [-0.2, 0) is 14.6 Å². The number of rotatable bonds is 3. The first kappa shape index (κ1) is 11.5. The molecule has 1 aliphatic rings. The lowest BCUT2D eigenvalue weighted by molar-refractivity contribution is -0.143. The Kier molecular flexibility index (Phi) is 2.87. The summed E-state index contributed by atoms with van der Waals surface area (Å²) in [6.07, 6.45) is 0.643. The molecule has 14 heavy (non-hydrogen) atoms. The van der Waals surface area contributed by atoms with Crippen LogP contribution in [-0.4, -0.2) is 36.0 Å². The molecule has 0 amide bonds. The molecule has 0 saturated heterocycles. The zero-order valence-corrected chi connectivity index (χ0v) is 8.88. The van der Waals surface area contributed by atoms with Gasteiger partial charge in [-0.3, -0.25) is 4.79 Å².